The van der Waals surface area contributed by atoms with Gasteiger partial charge in [0.05, 0.1) is 11.4 Å². The Kier molecular flexibility index (Phi) is 12.3. The van der Waals surface area contributed by atoms with Gasteiger partial charge in [0.25, 0.3) is 0 Å². The van der Waals surface area contributed by atoms with Crippen LogP contribution in [0.2, 0.25) is 0 Å². The molecule has 0 radical (unpaired) electrons. The zero-order valence-electron chi connectivity index (χ0n) is 22.1. The molecule has 0 aliphatic rings. The van der Waals surface area contributed by atoms with Crippen molar-refractivity contribution in [3.8, 4) is 23.0 Å². The molecule has 0 aliphatic heterocycles. The molecule has 204 valence electrons. The first-order chi connectivity index (χ1) is 19.2. The minimum absolute atomic E-state index is 0. The molecule has 0 aromatic heterocycles. The van der Waals surface area contributed by atoms with Crippen molar-refractivity contribution in [3.63, 3.8) is 0 Å². The van der Waals surface area contributed by atoms with E-state index in [1.54, 1.807) is 74.5 Å². The molecule has 0 amide bonds. The fraction of sp³-hybridized carbons (Fsp3) is 0.0667. The summed E-state index contributed by atoms with van der Waals surface area (Å²) in [7, 11) is 0. The summed E-state index contributed by atoms with van der Waals surface area (Å²) in [6.07, 6.45) is 0. The van der Waals surface area contributed by atoms with Crippen LogP contribution in [0.4, 0.5) is 0 Å². The SMILES string of the molecule is C/C(=N\N=C(/[O-])c1ccccc1O)c1ccccc1[O-].C/C(=N\N=C(/[O-])c1ccccc1O)c1ccccc1[O-].[Ti+4]. The molecule has 4 aromatic rings. The number of para-hydroxylation sites is 4. The Morgan fingerprint density at radius 3 is 1.10 bits per heavy atom. The van der Waals surface area contributed by atoms with Crippen LogP contribution < -0.4 is 20.4 Å². The third-order valence-corrected chi connectivity index (χ3v) is 5.40. The molecular formula is C30H24N4O6Ti. The van der Waals surface area contributed by atoms with Gasteiger partial charge in [-0.15, -0.1) is 0 Å². The number of benzene rings is 4. The largest absolute Gasteiger partial charge is 4.00 e. The van der Waals surface area contributed by atoms with Gasteiger partial charge < -0.3 is 30.6 Å². The van der Waals surface area contributed by atoms with Gasteiger partial charge in [-0.3, -0.25) is 0 Å². The number of hydrogen-bond donors (Lipinski definition) is 2. The van der Waals surface area contributed by atoms with Crippen LogP contribution in [0.3, 0.4) is 0 Å². The van der Waals surface area contributed by atoms with Gasteiger partial charge in [-0.2, -0.15) is 20.4 Å². The summed E-state index contributed by atoms with van der Waals surface area (Å²) >= 11 is 0. The monoisotopic (exact) mass is 584 g/mol. The standard InChI is InChI=1S/2C15H14N2O3.Ti/c2*1-10(11-6-2-4-8-13(11)18)16-17-15(20)12-7-3-5-9-14(12)19;/h2*2-9,18-19H,1H3,(H,17,20);/q;;+4/p-4/b2*16-10+;. The predicted octanol–water partition coefficient (Wildman–Crippen LogP) is 1.99. The Hall–Kier alpha value is -4.93. The first kappa shape index (κ1) is 32.3. The van der Waals surface area contributed by atoms with Crippen LogP contribution in [0.1, 0.15) is 36.1 Å². The van der Waals surface area contributed by atoms with Crippen molar-refractivity contribution in [2.45, 2.75) is 13.8 Å². The first-order valence-corrected chi connectivity index (χ1v) is 11.9. The number of rotatable bonds is 6. The van der Waals surface area contributed by atoms with Crippen molar-refractivity contribution < 1.29 is 52.4 Å². The quantitative estimate of drug-likeness (QED) is 0.151. The summed E-state index contributed by atoms with van der Waals surface area (Å²) in [5.41, 5.74) is 1.61. The second-order valence-corrected chi connectivity index (χ2v) is 8.21. The first-order valence-electron chi connectivity index (χ1n) is 11.9. The summed E-state index contributed by atoms with van der Waals surface area (Å²) in [6.45, 7) is 3.19. The Morgan fingerprint density at radius 1 is 0.488 bits per heavy atom. The second kappa shape index (κ2) is 15.6. The Labute approximate surface area is 251 Å². The predicted molar refractivity (Wildman–Crippen MR) is 145 cm³/mol. The van der Waals surface area contributed by atoms with Crippen molar-refractivity contribution in [1.29, 1.82) is 0 Å². The molecular weight excluding hydrogens is 560 g/mol. The van der Waals surface area contributed by atoms with E-state index in [0.717, 1.165) is 0 Å². The van der Waals surface area contributed by atoms with Gasteiger partial charge in [-0.25, -0.2) is 0 Å². The zero-order valence-corrected chi connectivity index (χ0v) is 23.6. The molecule has 0 spiro atoms. The van der Waals surface area contributed by atoms with Crippen molar-refractivity contribution in [2.75, 3.05) is 0 Å². The van der Waals surface area contributed by atoms with Gasteiger partial charge in [0.1, 0.15) is 11.5 Å². The van der Waals surface area contributed by atoms with Crippen LogP contribution in [0.5, 0.6) is 23.0 Å². The van der Waals surface area contributed by atoms with Crippen LogP contribution in [0.25, 0.3) is 0 Å². The maximum absolute atomic E-state index is 11.8. The number of phenols is 2. The summed E-state index contributed by atoms with van der Waals surface area (Å²) in [5, 5.41) is 80.3. The fourth-order valence-corrected chi connectivity index (χ4v) is 3.30. The van der Waals surface area contributed by atoms with E-state index in [9.17, 15) is 30.6 Å². The molecule has 0 saturated heterocycles. The van der Waals surface area contributed by atoms with E-state index in [-0.39, 0.29) is 55.8 Å². The van der Waals surface area contributed by atoms with Crippen LogP contribution in [0.15, 0.2) is 117 Å². The van der Waals surface area contributed by atoms with E-state index in [4.69, 9.17) is 0 Å². The van der Waals surface area contributed by atoms with Crippen LogP contribution in [0, 0.1) is 0 Å². The van der Waals surface area contributed by atoms with Crippen LogP contribution in [-0.2, 0) is 21.7 Å². The van der Waals surface area contributed by atoms with Gasteiger partial charge in [0, 0.05) is 22.9 Å². The van der Waals surface area contributed by atoms with E-state index >= 15 is 0 Å². The summed E-state index contributed by atoms with van der Waals surface area (Å²) in [5.74, 6) is -1.99. The molecule has 2 N–H and O–H groups in total. The van der Waals surface area contributed by atoms with E-state index in [1.807, 2.05) is 0 Å². The maximum atomic E-state index is 11.8. The van der Waals surface area contributed by atoms with Crippen molar-refractivity contribution in [1.82, 2.24) is 0 Å². The number of nitrogens with zero attached hydrogens (tertiary/aromatic N) is 4. The van der Waals surface area contributed by atoms with Crippen LogP contribution >= 0.6 is 0 Å². The summed E-state index contributed by atoms with van der Waals surface area (Å²) in [4.78, 5) is 0. The van der Waals surface area contributed by atoms with Gasteiger partial charge >= 0.3 is 21.7 Å². The summed E-state index contributed by atoms with van der Waals surface area (Å²) < 4.78 is 0. The summed E-state index contributed by atoms with van der Waals surface area (Å²) in [6, 6.07) is 24.9. The molecule has 11 heteroatoms. The smallest absolute Gasteiger partial charge is 0.872 e. The average Bonchev–Trinajstić information content (AvgIpc) is 2.95. The third-order valence-electron chi connectivity index (χ3n) is 5.40. The van der Waals surface area contributed by atoms with Crippen molar-refractivity contribution >= 4 is 23.2 Å². The van der Waals surface area contributed by atoms with Gasteiger partial charge in [-0.1, -0.05) is 96.4 Å². The molecule has 0 fully saturated rings. The molecule has 0 aliphatic carbocycles. The molecule has 4 aromatic carbocycles. The molecule has 41 heavy (non-hydrogen) atoms. The molecule has 0 heterocycles. The Morgan fingerprint density at radius 2 is 0.780 bits per heavy atom. The van der Waals surface area contributed by atoms with Crippen molar-refractivity contribution in [2.24, 2.45) is 20.4 Å². The van der Waals surface area contributed by atoms with E-state index in [1.165, 1.54) is 36.4 Å². The van der Waals surface area contributed by atoms with Gasteiger partial charge in [0.15, 0.2) is 0 Å². The Bertz CT molecular complexity index is 1360. The Balaban J connectivity index is 0.000000280. The average molecular weight is 584 g/mol. The molecule has 10 nitrogen and oxygen atoms in total. The third kappa shape index (κ3) is 9.06. The number of hydrogen-bond acceptors (Lipinski definition) is 10. The topological polar surface area (TPSA) is 182 Å². The zero-order chi connectivity index (χ0) is 29.1. The molecule has 0 bridgehead atoms. The molecule has 0 unspecified atom stereocenters. The normalized spacial score (nSPS) is 12.1. The minimum Gasteiger partial charge on any atom is -0.872 e. The van der Waals surface area contributed by atoms with E-state index < -0.39 is 11.8 Å². The van der Waals surface area contributed by atoms with Crippen molar-refractivity contribution in [3.05, 3.63) is 119 Å². The van der Waals surface area contributed by atoms with Crippen LogP contribution in [-0.4, -0.2) is 33.4 Å². The molecule has 0 saturated carbocycles. The number of phenolic OH excluding ortho intramolecular Hbond substituents is 2. The second-order valence-electron chi connectivity index (χ2n) is 8.21. The minimum atomic E-state index is -0.661. The van der Waals surface area contributed by atoms with Gasteiger partial charge in [-0.05, 0) is 37.1 Å². The maximum Gasteiger partial charge on any atom is 4.00 e. The fourth-order valence-electron chi connectivity index (χ4n) is 3.30. The van der Waals surface area contributed by atoms with E-state index in [2.05, 4.69) is 20.4 Å². The molecule has 0 atom stereocenters. The van der Waals surface area contributed by atoms with E-state index in [0.29, 0.717) is 22.6 Å². The molecule has 4 rings (SSSR count). The van der Waals surface area contributed by atoms with Gasteiger partial charge in [0.2, 0.25) is 0 Å². The number of aromatic hydroxyl groups is 2.